The summed E-state index contributed by atoms with van der Waals surface area (Å²) in [6.07, 6.45) is 5.84. The van der Waals surface area contributed by atoms with E-state index < -0.39 is 0 Å². The number of piperazine rings is 1. The van der Waals surface area contributed by atoms with Crippen LogP contribution in [-0.4, -0.2) is 37.0 Å². The maximum Gasteiger partial charge on any atom is 0.225 e. The van der Waals surface area contributed by atoms with Crippen LogP contribution in [0.1, 0.15) is 32.1 Å². The predicted octanol–water partition coefficient (Wildman–Crippen LogP) is 4.22. The zero-order valence-electron chi connectivity index (χ0n) is 12.7. The van der Waals surface area contributed by atoms with E-state index in [-0.39, 0.29) is 5.92 Å². The molecule has 1 aromatic rings. The summed E-state index contributed by atoms with van der Waals surface area (Å²) in [4.78, 5) is 16.9. The van der Waals surface area contributed by atoms with Crippen LogP contribution in [0, 0.1) is 5.92 Å². The molecule has 1 aliphatic carbocycles. The number of hydrogen-bond acceptors (Lipinski definition) is 2. The van der Waals surface area contributed by atoms with Crippen molar-refractivity contribution in [2.45, 2.75) is 32.1 Å². The van der Waals surface area contributed by atoms with E-state index in [1.165, 1.54) is 19.3 Å². The van der Waals surface area contributed by atoms with Gasteiger partial charge in [0.1, 0.15) is 0 Å². The normalized spacial score (nSPS) is 20.3. The summed E-state index contributed by atoms with van der Waals surface area (Å²) in [7, 11) is 0. The van der Waals surface area contributed by atoms with Gasteiger partial charge in [-0.3, -0.25) is 4.79 Å². The minimum Gasteiger partial charge on any atom is -0.368 e. The topological polar surface area (TPSA) is 23.6 Å². The lowest BCUT2D eigenvalue weighted by Gasteiger charge is -2.38. The van der Waals surface area contributed by atoms with Crippen LogP contribution in [0.15, 0.2) is 18.2 Å². The molecule has 5 heteroatoms. The average molecular weight is 341 g/mol. The van der Waals surface area contributed by atoms with Crippen molar-refractivity contribution in [1.82, 2.24) is 4.90 Å². The number of halogens is 2. The van der Waals surface area contributed by atoms with Crippen molar-refractivity contribution in [3.63, 3.8) is 0 Å². The van der Waals surface area contributed by atoms with E-state index in [0.717, 1.165) is 44.7 Å². The fourth-order valence-electron chi connectivity index (χ4n) is 3.51. The molecule has 1 aromatic carbocycles. The summed E-state index contributed by atoms with van der Waals surface area (Å²) >= 11 is 12.1. The molecule has 0 bridgehead atoms. The van der Waals surface area contributed by atoms with Crippen molar-refractivity contribution < 1.29 is 4.79 Å². The Labute approximate surface area is 142 Å². The molecular formula is C17H22Cl2N2O. The van der Waals surface area contributed by atoms with E-state index in [1.54, 1.807) is 6.07 Å². The van der Waals surface area contributed by atoms with Gasteiger partial charge in [-0.2, -0.15) is 0 Å². The van der Waals surface area contributed by atoms with Crippen molar-refractivity contribution in [3.05, 3.63) is 28.2 Å². The number of benzene rings is 1. The van der Waals surface area contributed by atoms with Gasteiger partial charge in [-0.1, -0.05) is 42.5 Å². The molecule has 0 unspecified atom stereocenters. The van der Waals surface area contributed by atoms with E-state index in [4.69, 9.17) is 23.2 Å². The predicted molar refractivity (Wildman–Crippen MR) is 91.8 cm³/mol. The molecule has 1 heterocycles. The van der Waals surface area contributed by atoms with E-state index in [0.29, 0.717) is 16.0 Å². The highest BCUT2D eigenvalue weighted by Crippen LogP contribution is 2.28. The van der Waals surface area contributed by atoms with Crippen molar-refractivity contribution in [1.29, 1.82) is 0 Å². The molecule has 0 atom stereocenters. The Balaban J connectivity index is 1.58. The molecule has 0 radical (unpaired) electrons. The van der Waals surface area contributed by atoms with Crippen molar-refractivity contribution in [2.24, 2.45) is 5.92 Å². The number of rotatable bonds is 2. The lowest BCUT2D eigenvalue weighted by Crippen LogP contribution is -2.50. The molecule has 1 amide bonds. The first-order valence-corrected chi connectivity index (χ1v) is 8.89. The van der Waals surface area contributed by atoms with Crippen LogP contribution in [0.3, 0.4) is 0 Å². The van der Waals surface area contributed by atoms with Gasteiger partial charge in [-0.05, 0) is 31.0 Å². The van der Waals surface area contributed by atoms with Crippen molar-refractivity contribution >= 4 is 34.8 Å². The molecule has 2 fully saturated rings. The molecular weight excluding hydrogens is 319 g/mol. The molecule has 2 aliphatic rings. The number of anilines is 1. The Morgan fingerprint density at radius 2 is 1.50 bits per heavy atom. The van der Waals surface area contributed by atoms with Gasteiger partial charge >= 0.3 is 0 Å². The zero-order chi connectivity index (χ0) is 15.5. The zero-order valence-corrected chi connectivity index (χ0v) is 14.2. The summed E-state index contributed by atoms with van der Waals surface area (Å²) in [5.41, 5.74) is 1.04. The molecule has 1 saturated carbocycles. The summed E-state index contributed by atoms with van der Waals surface area (Å²) in [6.45, 7) is 3.27. The number of nitrogens with zero attached hydrogens (tertiary/aromatic N) is 2. The van der Waals surface area contributed by atoms with E-state index in [9.17, 15) is 4.79 Å². The van der Waals surface area contributed by atoms with Gasteiger partial charge in [-0.25, -0.2) is 0 Å². The number of carbonyl (C=O) groups excluding carboxylic acids is 1. The summed E-state index contributed by atoms with van der Waals surface area (Å²) in [6, 6.07) is 5.62. The second kappa shape index (κ2) is 7.10. The van der Waals surface area contributed by atoms with Crippen LogP contribution in [0.4, 0.5) is 5.69 Å². The van der Waals surface area contributed by atoms with Gasteiger partial charge < -0.3 is 9.80 Å². The Kier molecular flexibility index (Phi) is 5.14. The third-order valence-electron chi connectivity index (χ3n) is 4.76. The molecule has 0 aromatic heterocycles. The fourth-order valence-corrected chi connectivity index (χ4v) is 4.03. The lowest BCUT2D eigenvalue weighted by molar-refractivity contribution is -0.136. The second-order valence-corrected chi connectivity index (χ2v) is 7.15. The molecule has 1 aliphatic heterocycles. The Morgan fingerprint density at radius 1 is 0.909 bits per heavy atom. The molecule has 22 heavy (non-hydrogen) atoms. The Morgan fingerprint density at radius 3 is 2.09 bits per heavy atom. The number of hydrogen-bond donors (Lipinski definition) is 0. The minimum absolute atomic E-state index is 0.265. The van der Waals surface area contributed by atoms with E-state index in [2.05, 4.69) is 4.90 Å². The van der Waals surface area contributed by atoms with E-state index in [1.807, 2.05) is 17.0 Å². The summed E-state index contributed by atoms with van der Waals surface area (Å²) in [5, 5.41) is 1.31. The third kappa shape index (κ3) is 3.69. The Bertz CT molecular complexity index is 515. The first-order valence-electron chi connectivity index (χ1n) is 8.13. The van der Waals surface area contributed by atoms with Gasteiger partial charge in [0.15, 0.2) is 0 Å². The standard InChI is InChI=1S/C17H22Cl2N2O/c18-14-10-15(19)12-16(11-14)20-6-8-21(9-7-20)17(22)13-4-2-1-3-5-13/h10-13H,1-9H2. The monoisotopic (exact) mass is 340 g/mol. The van der Waals surface area contributed by atoms with Gasteiger partial charge in [0.25, 0.3) is 0 Å². The van der Waals surface area contributed by atoms with Crippen LogP contribution in [-0.2, 0) is 4.79 Å². The maximum atomic E-state index is 12.6. The molecule has 3 rings (SSSR count). The second-order valence-electron chi connectivity index (χ2n) is 6.27. The Hall–Kier alpha value is -0.930. The first kappa shape index (κ1) is 15.9. The first-order chi connectivity index (χ1) is 10.6. The summed E-state index contributed by atoms with van der Waals surface area (Å²) < 4.78 is 0. The molecule has 0 N–H and O–H groups in total. The largest absolute Gasteiger partial charge is 0.368 e. The average Bonchev–Trinajstić information content (AvgIpc) is 2.54. The van der Waals surface area contributed by atoms with Crippen molar-refractivity contribution in [3.8, 4) is 0 Å². The molecule has 3 nitrogen and oxygen atoms in total. The lowest BCUT2D eigenvalue weighted by atomic mass is 9.88. The number of carbonyl (C=O) groups is 1. The van der Waals surface area contributed by atoms with Gasteiger partial charge in [-0.15, -0.1) is 0 Å². The quantitative estimate of drug-likeness (QED) is 0.804. The minimum atomic E-state index is 0.265. The highest BCUT2D eigenvalue weighted by molar-refractivity contribution is 6.35. The molecule has 0 spiro atoms. The van der Waals surface area contributed by atoms with Crippen LogP contribution in [0.25, 0.3) is 0 Å². The maximum absolute atomic E-state index is 12.6. The van der Waals surface area contributed by atoms with Crippen LogP contribution < -0.4 is 4.90 Å². The fraction of sp³-hybridized carbons (Fsp3) is 0.588. The SMILES string of the molecule is O=C(C1CCCCC1)N1CCN(c2cc(Cl)cc(Cl)c2)CC1. The third-order valence-corrected chi connectivity index (χ3v) is 5.19. The highest BCUT2D eigenvalue weighted by atomic mass is 35.5. The van der Waals surface area contributed by atoms with Gasteiger partial charge in [0.2, 0.25) is 5.91 Å². The summed E-state index contributed by atoms with van der Waals surface area (Å²) in [5.74, 6) is 0.629. The molecule has 1 saturated heterocycles. The van der Waals surface area contributed by atoms with Gasteiger partial charge in [0, 0.05) is 47.8 Å². The van der Waals surface area contributed by atoms with E-state index >= 15 is 0 Å². The molecule has 120 valence electrons. The van der Waals surface area contributed by atoms with Crippen molar-refractivity contribution in [2.75, 3.05) is 31.1 Å². The number of amides is 1. The van der Waals surface area contributed by atoms with Crippen LogP contribution >= 0.6 is 23.2 Å². The van der Waals surface area contributed by atoms with Crippen LogP contribution in [0.5, 0.6) is 0 Å². The smallest absolute Gasteiger partial charge is 0.225 e. The van der Waals surface area contributed by atoms with Gasteiger partial charge in [0.05, 0.1) is 0 Å². The highest BCUT2D eigenvalue weighted by Gasteiger charge is 2.28. The van der Waals surface area contributed by atoms with Crippen LogP contribution in [0.2, 0.25) is 10.0 Å².